The summed E-state index contributed by atoms with van der Waals surface area (Å²) >= 11 is 0. The van der Waals surface area contributed by atoms with Gasteiger partial charge in [-0.3, -0.25) is 5.32 Å². The van der Waals surface area contributed by atoms with Crippen molar-refractivity contribution >= 4 is 17.9 Å². The highest BCUT2D eigenvalue weighted by Gasteiger charge is 2.48. The molecule has 2 atom stereocenters. The van der Waals surface area contributed by atoms with Crippen molar-refractivity contribution in [3.63, 3.8) is 0 Å². The van der Waals surface area contributed by atoms with Crippen LogP contribution in [0, 0.1) is 5.92 Å². The highest BCUT2D eigenvalue weighted by atomic mass is 16.5. The number of carbonyl (C=O) groups is 2. The molecule has 1 aromatic carbocycles. The van der Waals surface area contributed by atoms with Gasteiger partial charge in [0.2, 0.25) is 0 Å². The van der Waals surface area contributed by atoms with Gasteiger partial charge in [-0.15, -0.1) is 0 Å². The molecule has 138 valence electrons. The lowest BCUT2D eigenvalue weighted by Gasteiger charge is -2.48. The van der Waals surface area contributed by atoms with Gasteiger partial charge in [0.15, 0.2) is 0 Å². The maximum absolute atomic E-state index is 12.2. The first-order valence-electron chi connectivity index (χ1n) is 8.62. The van der Waals surface area contributed by atoms with E-state index in [2.05, 4.69) is 29.7 Å². The van der Waals surface area contributed by atoms with Gasteiger partial charge in [-0.25, -0.2) is 9.59 Å². The molecule has 2 unspecified atom stereocenters. The number of alkyl carbamates (subject to hydrolysis) is 1. The van der Waals surface area contributed by atoms with Gasteiger partial charge < -0.3 is 14.8 Å². The number of nitrogens with one attached hydrogen (secondary N) is 2. The second-order valence-electron chi connectivity index (χ2n) is 6.71. The number of hydrogen-bond donors (Lipinski definition) is 2. The summed E-state index contributed by atoms with van der Waals surface area (Å²) in [4.78, 5) is 23.9. The Morgan fingerprint density at radius 1 is 1.23 bits per heavy atom. The molecule has 2 aliphatic rings. The molecule has 1 aromatic rings. The Labute approximate surface area is 153 Å². The summed E-state index contributed by atoms with van der Waals surface area (Å²) in [6.45, 7) is 4.07. The summed E-state index contributed by atoms with van der Waals surface area (Å²) in [5, 5.41) is 5.87. The molecule has 2 amide bonds. The number of fused-ring (bicyclic) bond motifs is 4. The topological polar surface area (TPSA) is 76.7 Å². The number of hydrogen-bond acceptors (Lipinski definition) is 4. The monoisotopic (exact) mass is 356 g/mol. The number of ether oxygens (including phenoxy) is 2. The first-order chi connectivity index (χ1) is 12.4. The SMILES string of the molecule is C/C=C1\C2C=C(C)CC1(NC(=O)OC)c1cccc(NC(=O)OC)c1C2. The first kappa shape index (κ1) is 18.0. The largest absolute Gasteiger partial charge is 0.453 e. The molecular formula is C20H24N2O4. The second kappa shape index (κ2) is 6.86. The van der Waals surface area contributed by atoms with E-state index in [9.17, 15) is 9.59 Å². The fourth-order valence-corrected chi connectivity index (χ4v) is 4.32. The van der Waals surface area contributed by atoms with E-state index in [1.807, 2.05) is 25.1 Å². The van der Waals surface area contributed by atoms with Crippen LogP contribution in [-0.2, 0) is 21.4 Å². The lowest BCUT2D eigenvalue weighted by molar-refractivity contribution is 0.156. The van der Waals surface area contributed by atoms with E-state index in [4.69, 9.17) is 9.47 Å². The first-order valence-corrected chi connectivity index (χ1v) is 8.62. The fourth-order valence-electron chi connectivity index (χ4n) is 4.32. The molecule has 0 radical (unpaired) electrons. The van der Waals surface area contributed by atoms with Gasteiger partial charge >= 0.3 is 12.2 Å². The summed E-state index contributed by atoms with van der Waals surface area (Å²) < 4.78 is 9.65. The van der Waals surface area contributed by atoms with Crippen molar-refractivity contribution in [2.24, 2.45) is 5.92 Å². The Balaban J connectivity index is 2.20. The van der Waals surface area contributed by atoms with Crippen LogP contribution in [0.15, 0.2) is 41.5 Å². The third kappa shape index (κ3) is 2.85. The smallest absolute Gasteiger partial charge is 0.411 e. The van der Waals surface area contributed by atoms with Crippen LogP contribution >= 0.6 is 0 Å². The zero-order valence-corrected chi connectivity index (χ0v) is 15.5. The Bertz CT molecular complexity index is 812. The third-order valence-corrected chi connectivity index (χ3v) is 5.22. The van der Waals surface area contributed by atoms with Gasteiger partial charge in [-0.1, -0.05) is 29.9 Å². The molecule has 6 heteroatoms. The minimum atomic E-state index is -0.674. The normalized spacial score (nSPS) is 25.0. The maximum Gasteiger partial charge on any atom is 0.411 e. The molecule has 3 rings (SSSR count). The average Bonchev–Trinajstić information content (AvgIpc) is 2.61. The van der Waals surface area contributed by atoms with Crippen LogP contribution in [0.2, 0.25) is 0 Å². The van der Waals surface area contributed by atoms with Crippen molar-refractivity contribution in [2.75, 3.05) is 19.5 Å². The second-order valence-corrected chi connectivity index (χ2v) is 6.71. The van der Waals surface area contributed by atoms with E-state index in [0.29, 0.717) is 12.1 Å². The standard InChI is InChI=1S/C20H24N2O4/c1-5-15-13-9-12(2)11-20(15,22-19(24)26-4)16-7-6-8-17(14(16)10-13)21-18(23)25-3/h5-9,13H,10-11H2,1-4H3,(H,21,23)(H,22,24)/b15-5+. The number of benzene rings is 1. The average molecular weight is 356 g/mol. The minimum absolute atomic E-state index is 0.152. The Morgan fingerprint density at radius 3 is 2.62 bits per heavy atom. The molecule has 2 aliphatic carbocycles. The van der Waals surface area contributed by atoms with Crippen molar-refractivity contribution < 1.29 is 19.1 Å². The predicted molar refractivity (Wildman–Crippen MR) is 99.0 cm³/mol. The number of methoxy groups -OCH3 is 2. The van der Waals surface area contributed by atoms with Crippen LogP contribution in [0.25, 0.3) is 0 Å². The van der Waals surface area contributed by atoms with Gasteiger partial charge in [0, 0.05) is 11.6 Å². The highest BCUT2D eigenvalue weighted by Crippen LogP contribution is 2.51. The minimum Gasteiger partial charge on any atom is -0.453 e. The van der Waals surface area contributed by atoms with Crippen LogP contribution in [0.1, 0.15) is 31.4 Å². The molecule has 0 aromatic heterocycles. The highest BCUT2D eigenvalue weighted by molar-refractivity contribution is 5.86. The third-order valence-electron chi connectivity index (χ3n) is 5.22. The molecule has 0 fully saturated rings. The quantitative estimate of drug-likeness (QED) is 0.788. The summed E-state index contributed by atoms with van der Waals surface area (Å²) in [6, 6.07) is 5.74. The molecule has 26 heavy (non-hydrogen) atoms. The zero-order valence-electron chi connectivity index (χ0n) is 15.5. The van der Waals surface area contributed by atoms with Crippen LogP contribution in [0.5, 0.6) is 0 Å². The summed E-state index contributed by atoms with van der Waals surface area (Å²) in [5.41, 5.74) is 4.39. The molecule has 6 nitrogen and oxygen atoms in total. The van der Waals surface area contributed by atoms with Crippen molar-refractivity contribution in [3.8, 4) is 0 Å². The summed E-state index contributed by atoms with van der Waals surface area (Å²) in [6.07, 6.45) is 4.74. The molecule has 0 heterocycles. The van der Waals surface area contributed by atoms with Gasteiger partial charge in [0.05, 0.1) is 19.8 Å². The van der Waals surface area contributed by atoms with Crippen LogP contribution in [0.4, 0.5) is 15.3 Å². The Kier molecular flexibility index (Phi) is 4.76. The molecule has 2 N–H and O–H groups in total. The van der Waals surface area contributed by atoms with Crippen molar-refractivity contribution in [1.29, 1.82) is 0 Å². The van der Waals surface area contributed by atoms with Crippen LogP contribution < -0.4 is 10.6 Å². The number of amides is 2. The lowest BCUT2D eigenvalue weighted by Crippen LogP contribution is -2.53. The Morgan fingerprint density at radius 2 is 1.96 bits per heavy atom. The summed E-state index contributed by atoms with van der Waals surface area (Å²) in [7, 11) is 2.70. The zero-order chi connectivity index (χ0) is 18.9. The molecule has 2 bridgehead atoms. The van der Waals surface area contributed by atoms with Crippen molar-refractivity contribution in [2.45, 2.75) is 32.2 Å². The van der Waals surface area contributed by atoms with E-state index in [1.54, 1.807) is 0 Å². The van der Waals surface area contributed by atoms with E-state index < -0.39 is 17.7 Å². The fraction of sp³-hybridized carbons (Fsp3) is 0.400. The Hall–Kier alpha value is -2.76. The van der Waals surface area contributed by atoms with E-state index in [-0.39, 0.29) is 5.92 Å². The van der Waals surface area contributed by atoms with Crippen LogP contribution in [-0.4, -0.2) is 26.4 Å². The number of anilines is 1. The van der Waals surface area contributed by atoms with Gasteiger partial charge in [-0.2, -0.15) is 0 Å². The molecule has 0 aliphatic heterocycles. The predicted octanol–water partition coefficient (Wildman–Crippen LogP) is 3.88. The molecule has 0 saturated heterocycles. The van der Waals surface area contributed by atoms with Gasteiger partial charge in [-0.05, 0) is 49.5 Å². The summed E-state index contributed by atoms with van der Waals surface area (Å²) in [5.74, 6) is 0.152. The number of carbonyl (C=O) groups excluding carboxylic acids is 2. The van der Waals surface area contributed by atoms with Crippen LogP contribution in [0.3, 0.4) is 0 Å². The van der Waals surface area contributed by atoms with E-state index in [0.717, 1.165) is 23.1 Å². The number of rotatable bonds is 2. The van der Waals surface area contributed by atoms with Gasteiger partial charge in [0.1, 0.15) is 0 Å². The van der Waals surface area contributed by atoms with E-state index in [1.165, 1.54) is 19.8 Å². The van der Waals surface area contributed by atoms with Crippen molar-refractivity contribution in [3.05, 3.63) is 52.6 Å². The number of allylic oxidation sites excluding steroid dienone is 2. The maximum atomic E-state index is 12.2. The molecular weight excluding hydrogens is 332 g/mol. The lowest BCUT2D eigenvalue weighted by atomic mass is 9.61. The van der Waals surface area contributed by atoms with Crippen molar-refractivity contribution in [1.82, 2.24) is 5.32 Å². The van der Waals surface area contributed by atoms with E-state index >= 15 is 0 Å². The van der Waals surface area contributed by atoms with Gasteiger partial charge in [0.25, 0.3) is 0 Å². The molecule has 0 saturated carbocycles. The molecule has 0 spiro atoms.